The molecular formula is C9H20N2O. The van der Waals surface area contributed by atoms with E-state index in [2.05, 4.69) is 19.2 Å². The maximum Gasteiger partial charge on any atom is 0.221 e. The molecule has 3 nitrogen and oxygen atoms in total. The monoisotopic (exact) mass is 172 g/mol. The van der Waals surface area contributed by atoms with Gasteiger partial charge >= 0.3 is 0 Å². The van der Waals surface area contributed by atoms with Crippen LogP contribution in [0.1, 0.15) is 33.6 Å². The maximum atomic E-state index is 10.7. The molecule has 0 bridgehead atoms. The molecule has 0 rings (SSSR count). The van der Waals surface area contributed by atoms with Crippen molar-refractivity contribution in [1.29, 1.82) is 0 Å². The van der Waals surface area contributed by atoms with Crippen molar-refractivity contribution in [3.8, 4) is 0 Å². The summed E-state index contributed by atoms with van der Waals surface area (Å²) in [7, 11) is 0. The van der Waals surface area contributed by atoms with Crippen molar-refractivity contribution >= 4 is 5.91 Å². The molecule has 0 aliphatic carbocycles. The Labute approximate surface area is 74.7 Å². The highest BCUT2D eigenvalue weighted by molar-refractivity contribution is 5.76. The van der Waals surface area contributed by atoms with E-state index in [1.165, 1.54) is 0 Å². The van der Waals surface area contributed by atoms with Gasteiger partial charge in [-0.3, -0.25) is 4.79 Å². The van der Waals surface area contributed by atoms with Gasteiger partial charge in [0.05, 0.1) is 0 Å². The minimum Gasteiger partial charge on any atom is -0.369 e. The number of nitrogens with one attached hydrogen (secondary N) is 1. The Kier molecular flexibility index (Phi) is 5.72. The number of carbonyl (C=O) groups is 1. The van der Waals surface area contributed by atoms with Crippen LogP contribution in [0.4, 0.5) is 0 Å². The Hall–Kier alpha value is -0.570. The van der Waals surface area contributed by atoms with Crippen LogP contribution in [-0.2, 0) is 4.79 Å². The van der Waals surface area contributed by atoms with Gasteiger partial charge in [-0.05, 0) is 12.8 Å². The largest absolute Gasteiger partial charge is 0.369 e. The third-order valence-corrected chi connectivity index (χ3v) is 2.18. The van der Waals surface area contributed by atoms with Gasteiger partial charge in [-0.15, -0.1) is 0 Å². The summed E-state index contributed by atoms with van der Waals surface area (Å²) in [5, 5.41) is 3.30. The fourth-order valence-corrected chi connectivity index (χ4v) is 1.02. The van der Waals surface area contributed by atoms with E-state index in [0.29, 0.717) is 12.6 Å². The van der Waals surface area contributed by atoms with Gasteiger partial charge in [-0.25, -0.2) is 0 Å². The van der Waals surface area contributed by atoms with Crippen molar-refractivity contribution < 1.29 is 4.79 Å². The second-order valence-corrected chi connectivity index (χ2v) is 3.23. The van der Waals surface area contributed by atoms with Crippen LogP contribution >= 0.6 is 0 Å². The van der Waals surface area contributed by atoms with E-state index < -0.39 is 0 Å². The summed E-state index contributed by atoms with van der Waals surface area (Å²) < 4.78 is 0. The van der Waals surface area contributed by atoms with E-state index in [0.717, 1.165) is 12.8 Å². The first-order chi connectivity index (χ1) is 5.61. The molecule has 0 saturated heterocycles. The number of hydrogen-bond acceptors (Lipinski definition) is 2. The summed E-state index contributed by atoms with van der Waals surface area (Å²) in [4.78, 5) is 10.7. The molecule has 0 aromatic heterocycles. The molecule has 0 radical (unpaired) electrons. The maximum absolute atomic E-state index is 10.7. The molecule has 72 valence electrons. The van der Waals surface area contributed by atoms with Crippen LogP contribution in [0.15, 0.2) is 0 Å². The van der Waals surface area contributed by atoms with Crippen molar-refractivity contribution in [2.24, 2.45) is 11.7 Å². The first-order valence-corrected chi connectivity index (χ1v) is 4.64. The molecule has 1 unspecified atom stereocenters. The average molecular weight is 172 g/mol. The van der Waals surface area contributed by atoms with E-state index in [1.807, 2.05) is 6.92 Å². The highest BCUT2D eigenvalue weighted by Crippen LogP contribution is 1.98. The van der Waals surface area contributed by atoms with Crippen molar-refractivity contribution in [3.63, 3.8) is 0 Å². The Balaban J connectivity index is 3.58. The van der Waals surface area contributed by atoms with Gasteiger partial charge in [-0.1, -0.05) is 20.8 Å². The highest BCUT2D eigenvalue weighted by atomic mass is 16.1. The first-order valence-electron chi connectivity index (χ1n) is 4.64. The molecule has 1 amide bonds. The summed E-state index contributed by atoms with van der Waals surface area (Å²) >= 11 is 0. The summed E-state index contributed by atoms with van der Waals surface area (Å²) in [6, 6.07) is 0.520. The van der Waals surface area contributed by atoms with E-state index >= 15 is 0 Å². The average Bonchev–Trinajstić information content (AvgIpc) is 2.05. The fourth-order valence-electron chi connectivity index (χ4n) is 1.02. The van der Waals surface area contributed by atoms with E-state index in [9.17, 15) is 4.79 Å². The lowest BCUT2D eigenvalue weighted by Crippen LogP contribution is -2.36. The lowest BCUT2D eigenvalue weighted by atomic mass is 10.1. The second-order valence-electron chi connectivity index (χ2n) is 3.23. The number of nitrogens with two attached hydrogens (primary N) is 1. The standard InChI is InChI=1S/C9H20N2O/c1-4-8(5-2)11-6-7(3)9(10)12/h7-8,11H,4-6H2,1-3H3,(H2,10,12). The van der Waals surface area contributed by atoms with Crippen LogP contribution in [0.3, 0.4) is 0 Å². The fraction of sp³-hybridized carbons (Fsp3) is 0.889. The molecule has 0 aromatic rings. The van der Waals surface area contributed by atoms with Gasteiger partial charge < -0.3 is 11.1 Å². The Bertz CT molecular complexity index is 132. The smallest absolute Gasteiger partial charge is 0.221 e. The Morgan fingerprint density at radius 1 is 1.42 bits per heavy atom. The third kappa shape index (κ3) is 4.34. The summed E-state index contributed by atoms with van der Waals surface area (Å²) in [6.07, 6.45) is 2.20. The summed E-state index contributed by atoms with van der Waals surface area (Å²) in [5.41, 5.74) is 5.13. The van der Waals surface area contributed by atoms with Crippen molar-refractivity contribution in [2.45, 2.75) is 39.7 Å². The predicted octanol–water partition coefficient (Wildman–Crippen LogP) is 0.886. The van der Waals surface area contributed by atoms with Crippen LogP contribution in [0, 0.1) is 5.92 Å². The van der Waals surface area contributed by atoms with Crippen molar-refractivity contribution in [1.82, 2.24) is 5.32 Å². The zero-order chi connectivity index (χ0) is 9.56. The van der Waals surface area contributed by atoms with Crippen molar-refractivity contribution in [2.75, 3.05) is 6.54 Å². The molecule has 1 atom stereocenters. The zero-order valence-electron chi connectivity index (χ0n) is 8.26. The highest BCUT2D eigenvalue weighted by Gasteiger charge is 2.10. The SMILES string of the molecule is CCC(CC)NCC(C)C(N)=O. The molecule has 0 aliphatic rings. The molecule has 12 heavy (non-hydrogen) atoms. The summed E-state index contributed by atoms with van der Waals surface area (Å²) in [6.45, 7) is 6.81. The lowest BCUT2D eigenvalue weighted by Gasteiger charge is -2.16. The van der Waals surface area contributed by atoms with Crippen LogP contribution in [0.5, 0.6) is 0 Å². The quantitative estimate of drug-likeness (QED) is 0.625. The molecule has 3 heteroatoms. The van der Waals surface area contributed by atoms with Gasteiger partial charge in [-0.2, -0.15) is 0 Å². The molecule has 0 spiro atoms. The molecular weight excluding hydrogens is 152 g/mol. The molecule has 0 aromatic carbocycles. The van der Waals surface area contributed by atoms with Gasteiger partial charge in [0.15, 0.2) is 0 Å². The molecule has 0 aliphatic heterocycles. The Morgan fingerprint density at radius 2 is 1.92 bits per heavy atom. The number of hydrogen-bond donors (Lipinski definition) is 2. The zero-order valence-corrected chi connectivity index (χ0v) is 8.26. The molecule has 0 saturated carbocycles. The number of carbonyl (C=O) groups excluding carboxylic acids is 1. The van der Waals surface area contributed by atoms with Gasteiger partial charge in [0.2, 0.25) is 5.91 Å². The summed E-state index contributed by atoms with van der Waals surface area (Å²) in [5.74, 6) is -0.293. The minimum absolute atomic E-state index is 0.0643. The van der Waals surface area contributed by atoms with Gasteiger partial charge in [0.1, 0.15) is 0 Å². The van der Waals surface area contributed by atoms with E-state index in [-0.39, 0.29) is 11.8 Å². The Morgan fingerprint density at radius 3 is 2.25 bits per heavy atom. The topological polar surface area (TPSA) is 55.1 Å². The second kappa shape index (κ2) is 6.00. The predicted molar refractivity (Wildman–Crippen MR) is 50.7 cm³/mol. The minimum atomic E-state index is -0.228. The van der Waals surface area contributed by atoms with Crippen LogP contribution in [-0.4, -0.2) is 18.5 Å². The van der Waals surface area contributed by atoms with Crippen molar-refractivity contribution in [3.05, 3.63) is 0 Å². The molecule has 3 N–H and O–H groups in total. The van der Waals surface area contributed by atoms with Gasteiger partial charge in [0, 0.05) is 18.5 Å². The third-order valence-electron chi connectivity index (χ3n) is 2.18. The number of rotatable bonds is 6. The molecule has 0 fully saturated rings. The first kappa shape index (κ1) is 11.4. The van der Waals surface area contributed by atoms with Gasteiger partial charge in [0.25, 0.3) is 0 Å². The van der Waals surface area contributed by atoms with Crippen LogP contribution in [0.2, 0.25) is 0 Å². The van der Waals surface area contributed by atoms with E-state index in [4.69, 9.17) is 5.73 Å². The van der Waals surface area contributed by atoms with Crippen LogP contribution < -0.4 is 11.1 Å². The number of primary amides is 1. The molecule has 0 heterocycles. The number of amides is 1. The lowest BCUT2D eigenvalue weighted by molar-refractivity contribution is -0.121. The van der Waals surface area contributed by atoms with E-state index in [1.54, 1.807) is 0 Å². The van der Waals surface area contributed by atoms with Crippen LogP contribution in [0.25, 0.3) is 0 Å². The normalized spacial score (nSPS) is 13.3.